The largest absolute Gasteiger partial charge is 0.318 e. The Kier molecular flexibility index (Phi) is 7.16. The van der Waals surface area contributed by atoms with E-state index in [1.54, 1.807) is 18.0 Å². The summed E-state index contributed by atoms with van der Waals surface area (Å²) in [7, 11) is 0. The zero-order chi connectivity index (χ0) is 21.7. The third kappa shape index (κ3) is 5.42. The number of aromatic nitrogens is 1. The van der Waals surface area contributed by atoms with Gasteiger partial charge in [0.1, 0.15) is 0 Å². The Labute approximate surface area is 183 Å². The average Bonchev–Trinajstić information content (AvgIpc) is 2.97. The Hall–Kier alpha value is -2.79. The van der Waals surface area contributed by atoms with Gasteiger partial charge in [-0.05, 0) is 57.9 Å². The molecule has 0 radical (unpaired) electrons. The molecule has 0 saturated carbocycles. The molecule has 3 aromatic rings. The topological polar surface area (TPSA) is 46.4 Å². The van der Waals surface area contributed by atoms with Crippen LogP contribution in [0.4, 0.5) is 0 Å². The van der Waals surface area contributed by atoms with Crippen molar-refractivity contribution in [2.45, 2.75) is 40.4 Å². The van der Waals surface area contributed by atoms with Gasteiger partial charge in [0.05, 0.1) is 12.0 Å². The van der Waals surface area contributed by atoms with Gasteiger partial charge in [-0.1, -0.05) is 47.5 Å². The Bertz CT molecular complexity index is 1060. The van der Waals surface area contributed by atoms with E-state index in [1.165, 1.54) is 27.9 Å². The summed E-state index contributed by atoms with van der Waals surface area (Å²) >= 11 is 1.59. The van der Waals surface area contributed by atoms with Crippen molar-refractivity contribution in [3.8, 4) is 5.69 Å². The van der Waals surface area contributed by atoms with Crippen LogP contribution < -0.4 is 5.43 Å². The molecule has 1 heterocycles. The number of nitrogens with zero attached hydrogens (tertiary/aromatic N) is 2. The fourth-order valence-electron chi connectivity index (χ4n) is 3.50. The van der Waals surface area contributed by atoms with Crippen molar-refractivity contribution in [1.29, 1.82) is 0 Å². The molecule has 0 aliphatic heterocycles. The predicted octanol–water partition coefficient (Wildman–Crippen LogP) is 5.40. The second-order valence-electron chi connectivity index (χ2n) is 7.72. The van der Waals surface area contributed by atoms with E-state index in [-0.39, 0.29) is 5.91 Å². The van der Waals surface area contributed by atoms with Gasteiger partial charge in [-0.25, -0.2) is 5.43 Å². The summed E-state index contributed by atoms with van der Waals surface area (Å²) in [4.78, 5) is 12.1. The number of hydrogen-bond donors (Lipinski definition) is 1. The molecule has 1 amide bonds. The summed E-state index contributed by atoms with van der Waals surface area (Å²) in [6.45, 7) is 10.5. The lowest BCUT2D eigenvalue weighted by molar-refractivity contribution is -0.118. The minimum absolute atomic E-state index is 0.0912. The maximum Gasteiger partial charge on any atom is 0.250 e. The van der Waals surface area contributed by atoms with E-state index in [0.29, 0.717) is 5.75 Å². The van der Waals surface area contributed by atoms with Crippen LogP contribution in [0.5, 0.6) is 0 Å². The lowest BCUT2D eigenvalue weighted by Gasteiger charge is -2.13. The van der Waals surface area contributed by atoms with Crippen LogP contribution in [0.25, 0.3) is 5.69 Å². The SMILES string of the molecule is Cc1ccc(CSCC(=O)N/N=C/c2cc(C)n(-c3ccc(C)cc3C)c2C)cc1. The standard InChI is InChI=1S/C25H29N3OS/c1-17-6-9-22(10-7-17)15-30-16-25(29)27-26-14-23-13-20(4)28(21(23)5)24-11-8-18(2)12-19(24)3/h6-14H,15-16H2,1-5H3,(H,27,29)/b26-14+. The van der Waals surface area contributed by atoms with Gasteiger partial charge in [0.15, 0.2) is 0 Å². The molecule has 1 N–H and O–H groups in total. The first-order valence-electron chi connectivity index (χ1n) is 10.1. The van der Waals surface area contributed by atoms with E-state index in [2.05, 4.69) is 98.2 Å². The van der Waals surface area contributed by atoms with Crippen molar-refractivity contribution >= 4 is 23.9 Å². The first-order valence-corrected chi connectivity index (χ1v) is 11.2. The molecule has 156 valence electrons. The van der Waals surface area contributed by atoms with E-state index in [1.807, 2.05) is 0 Å². The normalized spacial score (nSPS) is 11.2. The van der Waals surface area contributed by atoms with Crippen molar-refractivity contribution in [3.05, 3.63) is 87.7 Å². The molecule has 4 nitrogen and oxygen atoms in total. The summed E-state index contributed by atoms with van der Waals surface area (Å²) in [5, 5.41) is 4.17. The number of hydrazone groups is 1. The highest BCUT2D eigenvalue weighted by atomic mass is 32.2. The van der Waals surface area contributed by atoms with Gasteiger partial charge >= 0.3 is 0 Å². The number of amides is 1. The quantitative estimate of drug-likeness (QED) is 0.411. The summed E-state index contributed by atoms with van der Waals surface area (Å²) in [6.07, 6.45) is 1.73. The Balaban J connectivity index is 1.58. The number of rotatable bonds is 7. The molecular formula is C25H29N3OS. The summed E-state index contributed by atoms with van der Waals surface area (Å²) in [5.74, 6) is 1.10. The number of carbonyl (C=O) groups is 1. The Morgan fingerprint density at radius 3 is 2.40 bits per heavy atom. The van der Waals surface area contributed by atoms with E-state index < -0.39 is 0 Å². The van der Waals surface area contributed by atoms with Gasteiger partial charge in [-0.3, -0.25) is 4.79 Å². The van der Waals surface area contributed by atoms with Crippen LogP contribution in [0.2, 0.25) is 0 Å². The van der Waals surface area contributed by atoms with Crippen LogP contribution >= 0.6 is 11.8 Å². The predicted molar refractivity (Wildman–Crippen MR) is 128 cm³/mol. The molecule has 0 unspecified atom stereocenters. The fraction of sp³-hybridized carbons (Fsp3) is 0.280. The summed E-state index contributed by atoms with van der Waals surface area (Å²) in [6, 6.07) is 17.0. The van der Waals surface area contributed by atoms with Crippen LogP contribution in [0.15, 0.2) is 53.6 Å². The van der Waals surface area contributed by atoms with Crippen molar-refractivity contribution in [2.75, 3.05) is 5.75 Å². The zero-order valence-corrected chi connectivity index (χ0v) is 19.1. The number of nitrogens with one attached hydrogen (secondary N) is 1. The molecule has 3 rings (SSSR count). The molecule has 5 heteroatoms. The minimum atomic E-state index is -0.0912. The van der Waals surface area contributed by atoms with Crippen molar-refractivity contribution in [1.82, 2.24) is 9.99 Å². The van der Waals surface area contributed by atoms with Gasteiger partial charge in [0, 0.05) is 28.4 Å². The fourth-order valence-corrected chi connectivity index (χ4v) is 4.28. The van der Waals surface area contributed by atoms with E-state index in [9.17, 15) is 4.79 Å². The van der Waals surface area contributed by atoms with E-state index in [0.717, 1.165) is 22.7 Å². The number of thioether (sulfide) groups is 1. The summed E-state index contributed by atoms with van der Waals surface area (Å²) < 4.78 is 2.23. The molecule has 0 aliphatic rings. The average molecular weight is 420 g/mol. The highest BCUT2D eigenvalue weighted by molar-refractivity contribution is 7.99. The second kappa shape index (κ2) is 9.81. The lowest BCUT2D eigenvalue weighted by atomic mass is 10.1. The minimum Gasteiger partial charge on any atom is -0.318 e. The number of benzene rings is 2. The number of carbonyl (C=O) groups excluding carboxylic acids is 1. The Morgan fingerprint density at radius 1 is 1.00 bits per heavy atom. The number of aryl methyl sites for hydroxylation is 4. The van der Waals surface area contributed by atoms with Gasteiger partial charge < -0.3 is 4.57 Å². The monoisotopic (exact) mass is 419 g/mol. The highest BCUT2D eigenvalue weighted by Crippen LogP contribution is 2.23. The zero-order valence-electron chi connectivity index (χ0n) is 18.3. The van der Waals surface area contributed by atoms with Crippen molar-refractivity contribution in [3.63, 3.8) is 0 Å². The molecule has 1 aromatic heterocycles. The maximum atomic E-state index is 12.1. The van der Waals surface area contributed by atoms with Gasteiger partial charge in [-0.2, -0.15) is 5.10 Å². The van der Waals surface area contributed by atoms with Crippen LogP contribution in [0.1, 0.15) is 39.2 Å². The maximum absolute atomic E-state index is 12.1. The van der Waals surface area contributed by atoms with Crippen LogP contribution in [0.3, 0.4) is 0 Å². The Morgan fingerprint density at radius 2 is 1.70 bits per heavy atom. The third-order valence-electron chi connectivity index (χ3n) is 5.08. The molecule has 0 fully saturated rings. The third-order valence-corrected chi connectivity index (χ3v) is 6.08. The summed E-state index contributed by atoms with van der Waals surface area (Å²) in [5.41, 5.74) is 12.0. The number of hydrogen-bond acceptors (Lipinski definition) is 3. The van der Waals surface area contributed by atoms with Crippen LogP contribution in [0, 0.1) is 34.6 Å². The van der Waals surface area contributed by atoms with Crippen molar-refractivity contribution in [2.24, 2.45) is 5.10 Å². The van der Waals surface area contributed by atoms with Crippen LogP contribution in [-0.4, -0.2) is 22.4 Å². The first-order chi connectivity index (χ1) is 14.3. The molecule has 2 aromatic carbocycles. The van der Waals surface area contributed by atoms with Gasteiger partial charge in [0.2, 0.25) is 5.91 Å². The van der Waals surface area contributed by atoms with E-state index in [4.69, 9.17) is 0 Å². The van der Waals surface area contributed by atoms with Gasteiger partial charge in [0.25, 0.3) is 0 Å². The molecule has 30 heavy (non-hydrogen) atoms. The van der Waals surface area contributed by atoms with E-state index >= 15 is 0 Å². The molecule has 0 atom stereocenters. The highest BCUT2D eigenvalue weighted by Gasteiger charge is 2.11. The van der Waals surface area contributed by atoms with Gasteiger partial charge in [-0.15, -0.1) is 11.8 Å². The first kappa shape index (κ1) is 21.9. The second-order valence-corrected chi connectivity index (χ2v) is 8.71. The smallest absolute Gasteiger partial charge is 0.250 e. The molecule has 0 spiro atoms. The molecular weight excluding hydrogens is 390 g/mol. The van der Waals surface area contributed by atoms with Crippen molar-refractivity contribution < 1.29 is 4.79 Å². The molecule has 0 bridgehead atoms. The molecule has 0 aliphatic carbocycles. The lowest BCUT2D eigenvalue weighted by Crippen LogP contribution is -2.19. The van der Waals surface area contributed by atoms with Crippen LogP contribution in [-0.2, 0) is 10.5 Å². The molecule has 0 saturated heterocycles.